The summed E-state index contributed by atoms with van der Waals surface area (Å²) in [6.45, 7) is 14.8. The monoisotopic (exact) mass is 404 g/mol. The van der Waals surface area contributed by atoms with Gasteiger partial charge in [-0.1, -0.05) is 95.6 Å². The summed E-state index contributed by atoms with van der Waals surface area (Å²) in [6.07, 6.45) is 30.2. The van der Waals surface area contributed by atoms with Crippen molar-refractivity contribution in [2.24, 2.45) is 0 Å². The fourth-order valence-electron chi connectivity index (χ4n) is 2.50. The Labute approximate surface area is 178 Å². The number of unbranched alkanes of at least 4 members (excludes halogenated alkanes) is 7. The van der Waals surface area contributed by atoms with Crippen LogP contribution in [0.4, 0.5) is 0 Å². The Morgan fingerprint density at radius 1 is 0.643 bits per heavy atom. The van der Waals surface area contributed by atoms with Crippen LogP contribution < -0.4 is 0 Å². The molecule has 0 N–H and O–H groups in total. The van der Waals surface area contributed by atoms with Crippen LogP contribution in [0.25, 0.3) is 0 Å². The lowest BCUT2D eigenvalue weighted by Gasteiger charge is -2.36. The zero-order chi connectivity index (χ0) is 21.1. The smallest absolute Gasteiger partial charge is 0.191 e. The van der Waals surface area contributed by atoms with Crippen LogP contribution in [0.2, 0.25) is 18.1 Å². The fourth-order valence-corrected chi connectivity index (χ4v) is 3.59. The quantitative estimate of drug-likeness (QED) is 0.108. The second-order valence-corrected chi connectivity index (χ2v) is 14.1. The van der Waals surface area contributed by atoms with Gasteiger partial charge in [-0.25, -0.2) is 0 Å². The third-order valence-electron chi connectivity index (χ3n) is 5.53. The van der Waals surface area contributed by atoms with Crippen LogP contribution in [-0.4, -0.2) is 14.9 Å². The molecule has 0 bridgehead atoms. The number of hydrogen-bond acceptors (Lipinski definition) is 1. The van der Waals surface area contributed by atoms with Gasteiger partial charge in [0.1, 0.15) is 0 Å². The zero-order valence-corrected chi connectivity index (χ0v) is 20.8. The summed E-state index contributed by atoms with van der Waals surface area (Å²) in [7, 11) is -1.55. The van der Waals surface area contributed by atoms with Gasteiger partial charge in [0.25, 0.3) is 0 Å². The molecule has 2 heteroatoms. The van der Waals surface area contributed by atoms with Crippen molar-refractivity contribution >= 4 is 8.32 Å². The molecular formula is C26H48OSi. The van der Waals surface area contributed by atoms with E-state index < -0.39 is 8.32 Å². The van der Waals surface area contributed by atoms with Crippen molar-refractivity contribution in [3.63, 3.8) is 0 Å². The molecule has 0 fully saturated rings. The average molecular weight is 405 g/mol. The Bertz CT molecular complexity index is 463. The van der Waals surface area contributed by atoms with E-state index >= 15 is 0 Å². The summed E-state index contributed by atoms with van der Waals surface area (Å²) in [4.78, 5) is 0. The molecule has 0 saturated heterocycles. The van der Waals surface area contributed by atoms with E-state index in [1.165, 1.54) is 44.9 Å². The lowest BCUT2D eigenvalue weighted by molar-refractivity contribution is 0.278. The Kier molecular flexibility index (Phi) is 16.5. The fraction of sp³-hybridized carbons (Fsp3) is 0.692. The predicted molar refractivity (Wildman–Crippen MR) is 132 cm³/mol. The van der Waals surface area contributed by atoms with E-state index in [0.29, 0.717) is 5.04 Å². The maximum atomic E-state index is 6.22. The van der Waals surface area contributed by atoms with Gasteiger partial charge in [0.2, 0.25) is 0 Å². The van der Waals surface area contributed by atoms with E-state index in [2.05, 4.69) is 89.4 Å². The molecule has 0 unspecified atom stereocenters. The van der Waals surface area contributed by atoms with Crippen molar-refractivity contribution in [1.29, 1.82) is 0 Å². The van der Waals surface area contributed by atoms with E-state index in [1.54, 1.807) is 0 Å². The van der Waals surface area contributed by atoms with Gasteiger partial charge in [0, 0.05) is 6.61 Å². The summed E-state index contributed by atoms with van der Waals surface area (Å²) >= 11 is 0. The highest BCUT2D eigenvalue weighted by atomic mass is 28.4. The van der Waals surface area contributed by atoms with Crippen LogP contribution >= 0.6 is 0 Å². The van der Waals surface area contributed by atoms with Crippen molar-refractivity contribution < 1.29 is 4.43 Å². The van der Waals surface area contributed by atoms with Gasteiger partial charge in [-0.3, -0.25) is 0 Å². The summed E-state index contributed by atoms with van der Waals surface area (Å²) < 4.78 is 6.22. The lowest BCUT2D eigenvalue weighted by Crippen LogP contribution is -2.40. The van der Waals surface area contributed by atoms with Gasteiger partial charge in [-0.15, -0.1) is 0 Å². The summed E-state index contributed by atoms with van der Waals surface area (Å²) in [5, 5.41) is 0.321. The number of allylic oxidation sites excluding steroid dienone is 8. The van der Waals surface area contributed by atoms with Gasteiger partial charge < -0.3 is 4.43 Å². The largest absolute Gasteiger partial charge is 0.417 e. The minimum atomic E-state index is -1.55. The van der Waals surface area contributed by atoms with E-state index in [9.17, 15) is 0 Å². The molecule has 0 rings (SSSR count). The van der Waals surface area contributed by atoms with E-state index in [1.807, 2.05) is 0 Å². The maximum Gasteiger partial charge on any atom is 0.191 e. The van der Waals surface area contributed by atoms with Crippen molar-refractivity contribution in [3.8, 4) is 0 Å². The molecule has 0 aromatic carbocycles. The van der Waals surface area contributed by atoms with E-state index in [4.69, 9.17) is 4.43 Å². The summed E-state index contributed by atoms with van der Waals surface area (Å²) in [5.41, 5.74) is 0. The highest BCUT2D eigenvalue weighted by molar-refractivity contribution is 6.74. The third kappa shape index (κ3) is 16.1. The average Bonchev–Trinajstić information content (AvgIpc) is 2.62. The summed E-state index contributed by atoms with van der Waals surface area (Å²) in [5.74, 6) is 0. The predicted octanol–water partition coefficient (Wildman–Crippen LogP) is 9.15. The molecule has 0 heterocycles. The normalized spacial score (nSPS) is 13.8. The second kappa shape index (κ2) is 17.0. The van der Waals surface area contributed by atoms with Crippen LogP contribution in [0, 0.1) is 0 Å². The molecule has 0 aliphatic heterocycles. The molecule has 0 aliphatic carbocycles. The molecule has 0 aromatic rings. The first-order chi connectivity index (χ1) is 13.3. The Morgan fingerprint density at radius 2 is 1.18 bits per heavy atom. The van der Waals surface area contributed by atoms with Crippen molar-refractivity contribution in [2.45, 2.75) is 110 Å². The Morgan fingerprint density at radius 3 is 1.82 bits per heavy atom. The Balaban J connectivity index is 3.57. The van der Waals surface area contributed by atoms with Crippen molar-refractivity contribution in [1.82, 2.24) is 0 Å². The van der Waals surface area contributed by atoms with Crippen molar-refractivity contribution in [2.75, 3.05) is 6.61 Å². The molecule has 0 aromatic heterocycles. The van der Waals surface area contributed by atoms with E-state index in [0.717, 1.165) is 25.9 Å². The molecule has 0 atom stereocenters. The highest BCUT2D eigenvalue weighted by Crippen LogP contribution is 2.36. The minimum Gasteiger partial charge on any atom is -0.417 e. The molecule has 28 heavy (non-hydrogen) atoms. The molecule has 0 amide bonds. The number of rotatable bonds is 16. The third-order valence-corrected chi connectivity index (χ3v) is 10.1. The first kappa shape index (κ1) is 27.1. The van der Waals surface area contributed by atoms with Crippen LogP contribution in [0.5, 0.6) is 0 Å². The van der Waals surface area contributed by atoms with Crippen molar-refractivity contribution in [3.05, 3.63) is 48.6 Å². The highest BCUT2D eigenvalue weighted by Gasteiger charge is 2.36. The summed E-state index contributed by atoms with van der Waals surface area (Å²) in [6, 6.07) is 0. The van der Waals surface area contributed by atoms with Crippen LogP contribution in [0.15, 0.2) is 48.6 Å². The van der Waals surface area contributed by atoms with Gasteiger partial charge in [-0.05, 0) is 63.1 Å². The Hall–Kier alpha value is -0.863. The second-order valence-electron chi connectivity index (χ2n) is 9.24. The van der Waals surface area contributed by atoms with Crippen LogP contribution in [0.1, 0.15) is 91.9 Å². The van der Waals surface area contributed by atoms with E-state index in [-0.39, 0.29) is 0 Å². The molecule has 162 valence electrons. The SMILES string of the molecule is CCCCC/C=C/CC/C=C/C=C/C=C/CCCCCO[Si](C)(C)C(C)(C)C. The molecule has 1 nitrogen and oxygen atoms in total. The maximum absolute atomic E-state index is 6.22. The van der Waals surface area contributed by atoms with Gasteiger partial charge in [-0.2, -0.15) is 0 Å². The topological polar surface area (TPSA) is 9.23 Å². The lowest BCUT2D eigenvalue weighted by atomic mass is 10.2. The molecule has 0 spiro atoms. The zero-order valence-electron chi connectivity index (χ0n) is 19.8. The van der Waals surface area contributed by atoms with Crippen LogP contribution in [0.3, 0.4) is 0 Å². The molecular weight excluding hydrogens is 356 g/mol. The molecule has 0 aliphatic rings. The first-order valence-corrected chi connectivity index (χ1v) is 14.5. The molecule has 0 radical (unpaired) electrons. The van der Waals surface area contributed by atoms with Crippen LogP contribution in [-0.2, 0) is 4.43 Å². The number of hydrogen-bond donors (Lipinski definition) is 0. The van der Waals surface area contributed by atoms with Gasteiger partial charge >= 0.3 is 0 Å². The minimum absolute atomic E-state index is 0.321. The van der Waals surface area contributed by atoms with Gasteiger partial charge in [0.15, 0.2) is 8.32 Å². The van der Waals surface area contributed by atoms with Gasteiger partial charge in [0.05, 0.1) is 0 Å². The molecule has 0 saturated carbocycles. The first-order valence-electron chi connectivity index (χ1n) is 11.6. The standard InChI is InChI=1S/C26H48OSi/c1-7-8-9-10-11-12-13-14-15-16-17-18-19-20-21-22-23-24-25-27-28(5,6)26(2,3)4/h11-12,15-20H,7-10,13-14,21-25H2,1-6H3/b12-11+,16-15+,18-17+,20-19+.